The minimum absolute atomic E-state index is 0.0179. The molecule has 3 aromatic rings. The van der Waals surface area contributed by atoms with Gasteiger partial charge in [0, 0.05) is 48.7 Å². The van der Waals surface area contributed by atoms with E-state index in [4.69, 9.17) is 11.5 Å². The van der Waals surface area contributed by atoms with Crippen LogP contribution in [-0.4, -0.2) is 41.3 Å². The number of carbonyl (C=O) groups is 2. The number of amides is 2. The number of carbonyl (C=O) groups excluding carboxylic acids is 2. The Morgan fingerprint density at radius 3 is 2.41 bits per heavy atom. The fraction of sp³-hybridized carbons (Fsp3) is 0.433. The van der Waals surface area contributed by atoms with Gasteiger partial charge >= 0.3 is 0 Å². The van der Waals surface area contributed by atoms with Gasteiger partial charge in [-0.1, -0.05) is 19.1 Å². The molecule has 2 aliphatic rings. The molecule has 0 radical (unpaired) electrons. The predicted octanol–water partition coefficient (Wildman–Crippen LogP) is 4.52. The summed E-state index contributed by atoms with van der Waals surface area (Å²) in [6, 6.07) is 16.2. The van der Waals surface area contributed by atoms with Crippen LogP contribution in [0.5, 0.6) is 0 Å². The first kappa shape index (κ1) is 25.1. The molecule has 1 aromatic heterocycles. The Morgan fingerprint density at radius 1 is 1.05 bits per heavy atom. The van der Waals surface area contributed by atoms with Gasteiger partial charge in [0.1, 0.15) is 5.82 Å². The SMILES string of the molecule is Cc1cc2cc(C(=O)N(Cc3ccc(N4CCC(C(N)=O)CC4)cc3)C[C@H](C)C3CC3)ccc2nc1N. The van der Waals surface area contributed by atoms with Crippen LogP contribution < -0.4 is 16.4 Å². The van der Waals surface area contributed by atoms with Crippen LogP contribution >= 0.6 is 0 Å². The molecular weight excluding hydrogens is 462 g/mol. The van der Waals surface area contributed by atoms with Crippen molar-refractivity contribution in [1.82, 2.24) is 9.88 Å². The Bertz CT molecular complexity index is 1290. The van der Waals surface area contributed by atoms with Crippen molar-refractivity contribution in [2.45, 2.75) is 46.1 Å². The van der Waals surface area contributed by atoms with Gasteiger partial charge in [0.15, 0.2) is 0 Å². The maximum absolute atomic E-state index is 13.8. The third-order valence-electron chi connectivity index (χ3n) is 8.09. The highest BCUT2D eigenvalue weighted by Crippen LogP contribution is 2.37. The van der Waals surface area contributed by atoms with Crippen LogP contribution in [0.4, 0.5) is 11.5 Å². The average Bonchev–Trinajstić information content (AvgIpc) is 3.75. The number of piperidine rings is 1. The van der Waals surface area contributed by atoms with E-state index in [2.05, 4.69) is 41.1 Å². The third-order valence-corrected chi connectivity index (χ3v) is 8.09. The van der Waals surface area contributed by atoms with Gasteiger partial charge in [0.2, 0.25) is 5.91 Å². The summed E-state index contributed by atoms with van der Waals surface area (Å²) in [5.41, 5.74) is 16.1. The van der Waals surface area contributed by atoms with E-state index in [9.17, 15) is 9.59 Å². The quantitative estimate of drug-likeness (QED) is 0.474. The maximum Gasteiger partial charge on any atom is 0.254 e. The number of anilines is 2. The zero-order valence-corrected chi connectivity index (χ0v) is 21.8. The van der Waals surface area contributed by atoms with Crippen LogP contribution in [-0.2, 0) is 11.3 Å². The number of benzene rings is 2. The molecule has 7 heteroatoms. The van der Waals surface area contributed by atoms with Crippen molar-refractivity contribution in [3.63, 3.8) is 0 Å². The number of fused-ring (bicyclic) bond motifs is 1. The van der Waals surface area contributed by atoms with Crippen LogP contribution in [0.25, 0.3) is 10.9 Å². The lowest BCUT2D eigenvalue weighted by Crippen LogP contribution is -2.38. The molecule has 194 valence electrons. The van der Waals surface area contributed by atoms with E-state index in [1.807, 2.05) is 36.1 Å². The number of pyridine rings is 1. The molecule has 5 rings (SSSR count). The highest BCUT2D eigenvalue weighted by Gasteiger charge is 2.31. The smallest absolute Gasteiger partial charge is 0.254 e. The first-order valence-corrected chi connectivity index (χ1v) is 13.4. The molecule has 0 unspecified atom stereocenters. The number of nitrogen functional groups attached to an aromatic ring is 1. The summed E-state index contributed by atoms with van der Waals surface area (Å²) >= 11 is 0. The molecule has 1 aliphatic heterocycles. The van der Waals surface area contributed by atoms with Crippen molar-refractivity contribution in [2.75, 3.05) is 30.3 Å². The normalized spacial score (nSPS) is 17.1. The van der Waals surface area contributed by atoms with E-state index in [1.54, 1.807) is 0 Å². The zero-order valence-electron chi connectivity index (χ0n) is 21.8. The molecule has 0 spiro atoms. The summed E-state index contributed by atoms with van der Waals surface area (Å²) in [4.78, 5) is 34.0. The van der Waals surface area contributed by atoms with Crippen LogP contribution in [0.1, 0.15) is 54.1 Å². The van der Waals surface area contributed by atoms with E-state index < -0.39 is 0 Å². The van der Waals surface area contributed by atoms with Crippen LogP contribution in [0, 0.1) is 24.7 Å². The van der Waals surface area contributed by atoms with E-state index in [1.165, 1.54) is 12.8 Å². The van der Waals surface area contributed by atoms with Gasteiger partial charge in [-0.3, -0.25) is 9.59 Å². The number of aryl methyl sites for hydroxylation is 1. The number of aromatic nitrogens is 1. The zero-order chi connectivity index (χ0) is 26.1. The summed E-state index contributed by atoms with van der Waals surface area (Å²) in [7, 11) is 0. The molecule has 4 N–H and O–H groups in total. The van der Waals surface area contributed by atoms with E-state index >= 15 is 0 Å². The standard InChI is InChI=1S/C30H37N5O2/c1-19-15-25-16-24(7-10-27(25)33-28(19)31)30(37)35(17-20(2)22-5-6-22)18-21-3-8-26(9-4-21)34-13-11-23(12-14-34)29(32)36/h3-4,7-10,15-16,20,22-23H,5-6,11-14,17-18H2,1-2H3,(H2,31,33)(H2,32,36)/t20-/m0/s1. The van der Waals surface area contributed by atoms with Crippen molar-refractivity contribution in [1.29, 1.82) is 0 Å². The molecule has 1 aliphatic carbocycles. The molecule has 2 heterocycles. The Kier molecular flexibility index (Phi) is 7.04. The number of hydrogen-bond acceptors (Lipinski definition) is 5. The van der Waals surface area contributed by atoms with Gasteiger partial charge in [-0.2, -0.15) is 0 Å². The second-order valence-corrected chi connectivity index (χ2v) is 10.9. The monoisotopic (exact) mass is 499 g/mol. The van der Waals surface area contributed by atoms with Gasteiger partial charge in [0.05, 0.1) is 5.52 Å². The fourth-order valence-electron chi connectivity index (χ4n) is 5.45. The van der Waals surface area contributed by atoms with Crippen LogP contribution in [0.3, 0.4) is 0 Å². The van der Waals surface area contributed by atoms with Crippen molar-refractivity contribution in [2.24, 2.45) is 23.5 Å². The number of primary amides is 1. The summed E-state index contributed by atoms with van der Waals surface area (Å²) in [6.45, 7) is 7.16. The lowest BCUT2D eigenvalue weighted by atomic mass is 9.96. The Balaban J connectivity index is 1.33. The molecule has 1 saturated heterocycles. The third kappa shape index (κ3) is 5.71. The topological polar surface area (TPSA) is 106 Å². The van der Waals surface area contributed by atoms with Crippen molar-refractivity contribution >= 4 is 34.2 Å². The molecule has 0 bridgehead atoms. The van der Waals surface area contributed by atoms with Gasteiger partial charge in [-0.15, -0.1) is 0 Å². The van der Waals surface area contributed by atoms with E-state index in [-0.39, 0.29) is 17.7 Å². The number of nitrogens with zero attached hydrogens (tertiary/aromatic N) is 3. The van der Waals surface area contributed by atoms with Crippen LogP contribution in [0.2, 0.25) is 0 Å². The highest BCUT2D eigenvalue weighted by atomic mass is 16.2. The van der Waals surface area contributed by atoms with Gasteiger partial charge in [0.25, 0.3) is 5.91 Å². The molecule has 2 aromatic carbocycles. The number of rotatable bonds is 8. The lowest BCUT2D eigenvalue weighted by molar-refractivity contribution is -0.122. The molecule has 2 amide bonds. The summed E-state index contributed by atoms with van der Waals surface area (Å²) in [5.74, 6) is 1.54. The Morgan fingerprint density at radius 2 is 1.76 bits per heavy atom. The number of hydrogen-bond donors (Lipinski definition) is 2. The molecule has 37 heavy (non-hydrogen) atoms. The second-order valence-electron chi connectivity index (χ2n) is 10.9. The molecule has 1 saturated carbocycles. The Hall–Kier alpha value is -3.61. The van der Waals surface area contributed by atoms with Gasteiger partial charge in [-0.25, -0.2) is 4.98 Å². The minimum Gasteiger partial charge on any atom is -0.383 e. The lowest BCUT2D eigenvalue weighted by Gasteiger charge is -2.32. The summed E-state index contributed by atoms with van der Waals surface area (Å²) < 4.78 is 0. The number of nitrogens with two attached hydrogens (primary N) is 2. The first-order chi connectivity index (χ1) is 17.8. The van der Waals surface area contributed by atoms with Gasteiger partial charge < -0.3 is 21.3 Å². The first-order valence-electron chi connectivity index (χ1n) is 13.4. The summed E-state index contributed by atoms with van der Waals surface area (Å²) in [5, 5.41) is 0.928. The van der Waals surface area contributed by atoms with Crippen molar-refractivity contribution in [3.05, 3.63) is 65.2 Å². The van der Waals surface area contributed by atoms with Crippen molar-refractivity contribution < 1.29 is 9.59 Å². The minimum atomic E-state index is -0.192. The largest absolute Gasteiger partial charge is 0.383 e. The summed E-state index contributed by atoms with van der Waals surface area (Å²) in [6.07, 6.45) is 4.11. The molecule has 7 nitrogen and oxygen atoms in total. The Labute approximate surface area is 218 Å². The van der Waals surface area contributed by atoms with Gasteiger partial charge in [-0.05, 0) is 92.0 Å². The fourth-order valence-corrected chi connectivity index (χ4v) is 5.45. The predicted molar refractivity (Wildman–Crippen MR) is 148 cm³/mol. The van der Waals surface area contributed by atoms with E-state index in [0.717, 1.165) is 60.2 Å². The second kappa shape index (κ2) is 10.4. The molecule has 2 fully saturated rings. The van der Waals surface area contributed by atoms with E-state index in [0.29, 0.717) is 29.8 Å². The highest BCUT2D eigenvalue weighted by molar-refractivity contribution is 5.98. The maximum atomic E-state index is 13.8. The molecular formula is C30H37N5O2. The molecule has 1 atom stereocenters. The van der Waals surface area contributed by atoms with Crippen LogP contribution in [0.15, 0.2) is 48.5 Å². The average molecular weight is 500 g/mol. The van der Waals surface area contributed by atoms with Crippen molar-refractivity contribution in [3.8, 4) is 0 Å².